The van der Waals surface area contributed by atoms with E-state index in [1.54, 1.807) is 0 Å². The van der Waals surface area contributed by atoms with Crippen molar-refractivity contribution in [1.82, 2.24) is 5.32 Å². The molecule has 4 heteroatoms. The quantitative estimate of drug-likeness (QED) is 0.757. The average Bonchev–Trinajstić information content (AvgIpc) is 2.42. The molecule has 0 heterocycles. The Morgan fingerprint density at radius 3 is 2.68 bits per heavy atom. The Kier molecular flexibility index (Phi) is 4.93. The summed E-state index contributed by atoms with van der Waals surface area (Å²) in [5, 5.41) is 12.7. The van der Waals surface area contributed by atoms with Gasteiger partial charge in [-0.05, 0) is 24.8 Å². The smallest absolute Gasteiger partial charge is 0.237 e. The number of aliphatic hydroxyl groups excluding tert-OH is 1. The fourth-order valence-corrected chi connectivity index (χ4v) is 2.53. The average molecular weight is 262 g/mol. The Morgan fingerprint density at radius 1 is 1.32 bits per heavy atom. The van der Waals surface area contributed by atoms with Crippen LogP contribution in [0.15, 0.2) is 30.3 Å². The molecule has 0 aromatic heterocycles. The molecule has 1 saturated carbocycles. The lowest BCUT2D eigenvalue weighted by Crippen LogP contribution is -2.51. The maximum Gasteiger partial charge on any atom is 0.237 e. The Hall–Kier alpha value is -1.39. The fraction of sp³-hybridized carbons (Fsp3) is 0.533. The molecule has 0 bridgehead atoms. The minimum Gasteiger partial charge on any atom is -0.391 e. The molecule has 4 N–H and O–H groups in total. The van der Waals surface area contributed by atoms with Gasteiger partial charge in [-0.3, -0.25) is 4.79 Å². The predicted octanol–water partition coefficient (Wildman–Crippen LogP) is 0.976. The summed E-state index contributed by atoms with van der Waals surface area (Å²) < 4.78 is 0. The molecule has 1 aromatic rings. The van der Waals surface area contributed by atoms with Crippen molar-refractivity contribution in [1.29, 1.82) is 0 Å². The molecule has 0 aliphatic heterocycles. The Labute approximate surface area is 114 Å². The third-order valence-electron chi connectivity index (χ3n) is 3.69. The van der Waals surface area contributed by atoms with Crippen LogP contribution in [-0.4, -0.2) is 29.2 Å². The van der Waals surface area contributed by atoms with E-state index in [-0.39, 0.29) is 11.9 Å². The summed E-state index contributed by atoms with van der Waals surface area (Å²) in [5.41, 5.74) is 6.97. The number of hydrogen-bond acceptors (Lipinski definition) is 3. The predicted molar refractivity (Wildman–Crippen MR) is 74.5 cm³/mol. The van der Waals surface area contributed by atoms with Gasteiger partial charge in [0, 0.05) is 0 Å². The number of rotatable bonds is 4. The molecule has 0 spiro atoms. The molecule has 2 rings (SSSR count). The molecule has 3 atom stereocenters. The van der Waals surface area contributed by atoms with Gasteiger partial charge >= 0.3 is 0 Å². The lowest BCUT2D eigenvalue weighted by molar-refractivity contribution is -0.124. The molecular formula is C15H22N2O2. The van der Waals surface area contributed by atoms with Crippen molar-refractivity contribution in [3.63, 3.8) is 0 Å². The third-order valence-corrected chi connectivity index (χ3v) is 3.69. The first-order chi connectivity index (χ1) is 9.16. The van der Waals surface area contributed by atoms with Crippen LogP contribution >= 0.6 is 0 Å². The van der Waals surface area contributed by atoms with Gasteiger partial charge in [0.2, 0.25) is 5.91 Å². The van der Waals surface area contributed by atoms with Gasteiger partial charge in [0.1, 0.15) is 0 Å². The van der Waals surface area contributed by atoms with E-state index in [1.165, 1.54) is 0 Å². The lowest BCUT2D eigenvalue weighted by Gasteiger charge is -2.29. The number of nitrogens with two attached hydrogens (primary N) is 1. The minimum absolute atomic E-state index is 0.136. The van der Waals surface area contributed by atoms with Crippen LogP contribution in [0.2, 0.25) is 0 Å². The molecule has 104 valence electrons. The summed E-state index contributed by atoms with van der Waals surface area (Å²) in [6, 6.07) is 9.04. The number of carbonyl (C=O) groups excluding carboxylic acids is 1. The van der Waals surface area contributed by atoms with Crippen LogP contribution in [0.5, 0.6) is 0 Å². The second-order valence-electron chi connectivity index (χ2n) is 5.26. The van der Waals surface area contributed by atoms with Crippen LogP contribution < -0.4 is 11.1 Å². The number of amides is 1. The van der Waals surface area contributed by atoms with E-state index in [0.717, 1.165) is 31.2 Å². The van der Waals surface area contributed by atoms with E-state index in [0.29, 0.717) is 6.42 Å². The zero-order valence-electron chi connectivity index (χ0n) is 11.1. The standard InChI is InChI=1S/C15H22N2O2/c16-12(10-11-6-2-1-3-7-11)15(19)17-13-8-4-5-9-14(13)18/h1-3,6-7,12-14,18H,4-5,8-10,16H2,(H,17,19)/t12-,13+,14+/m1/s1. The Balaban J connectivity index is 1.85. The zero-order chi connectivity index (χ0) is 13.7. The summed E-state index contributed by atoms with van der Waals surface area (Å²) >= 11 is 0. The second-order valence-corrected chi connectivity index (χ2v) is 5.26. The highest BCUT2D eigenvalue weighted by Crippen LogP contribution is 2.18. The van der Waals surface area contributed by atoms with E-state index in [1.807, 2.05) is 30.3 Å². The van der Waals surface area contributed by atoms with E-state index in [9.17, 15) is 9.90 Å². The first-order valence-electron chi connectivity index (χ1n) is 6.95. The topological polar surface area (TPSA) is 75.4 Å². The van der Waals surface area contributed by atoms with E-state index < -0.39 is 12.1 Å². The lowest BCUT2D eigenvalue weighted by atomic mass is 9.92. The van der Waals surface area contributed by atoms with Crippen molar-refractivity contribution in [2.45, 2.75) is 50.3 Å². The molecule has 19 heavy (non-hydrogen) atoms. The molecule has 4 nitrogen and oxygen atoms in total. The van der Waals surface area contributed by atoms with Crippen LogP contribution in [0.25, 0.3) is 0 Å². The molecule has 0 unspecified atom stereocenters. The zero-order valence-corrected chi connectivity index (χ0v) is 11.1. The highest BCUT2D eigenvalue weighted by Gasteiger charge is 2.26. The van der Waals surface area contributed by atoms with Crippen molar-refractivity contribution in [2.24, 2.45) is 5.73 Å². The summed E-state index contributed by atoms with van der Waals surface area (Å²) in [4.78, 5) is 12.0. The molecule has 1 fully saturated rings. The van der Waals surface area contributed by atoms with Crippen LogP contribution in [0.3, 0.4) is 0 Å². The Bertz CT molecular complexity index is 408. The number of nitrogens with one attached hydrogen (secondary N) is 1. The fourth-order valence-electron chi connectivity index (χ4n) is 2.53. The van der Waals surface area contributed by atoms with Gasteiger partial charge in [-0.25, -0.2) is 0 Å². The van der Waals surface area contributed by atoms with Crippen LogP contribution in [0, 0.1) is 0 Å². The van der Waals surface area contributed by atoms with Crippen molar-refractivity contribution >= 4 is 5.91 Å². The molecule has 0 radical (unpaired) electrons. The number of hydrogen-bond donors (Lipinski definition) is 3. The van der Waals surface area contributed by atoms with Crippen molar-refractivity contribution in [3.8, 4) is 0 Å². The molecule has 0 saturated heterocycles. The summed E-state index contributed by atoms with van der Waals surface area (Å²) in [7, 11) is 0. The minimum atomic E-state index is -0.559. The monoisotopic (exact) mass is 262 g/mol. The highest BCUT2D eigenvalue weighted by atomic mass is 16.3. The van der Waals surface area contributed by atoms with Crippen LogP contribution in [-0.2, 0) is 11.2 Å². The summed E-state index contributed by atoms with van der Waals surface area (Å²) in [6.45, 7) is 0. The van der Waals surface area contributed by atoms with Gasteiger partial charge in [0.15, 0.2) is 0 Å². The van der Waals surface area contributed by atoms with Gasteiger partial charge in [-0.15, -0.1) is 0 Å². The van der Waals surface area contributed by atoms with E-state index >= 15 is 0 Å². The molecule has 1 aliphatic carbocycles. The maximum absolute atomic E-state index is 12.0. The maximum atomic E-state index is 12.0. The number of aliphatic hydroxyl groups is 1. The van der Waals surface area contributed by atoms with Gasteiger partial charge in [-0.1, -0.05) is 43.2 Å². The van der Waals surface area contributed by atoms with Crippen LogP contribution in [0.4, 0.5) is 0 Å². The summed E-state index contributed by atoms with van der Waals surface area (Å²) in [6.07, 6.45) is 3.78. The summed E-state index contributed by atoms with van der Waals surface area (Å²) in [5.74, 6) is -0.171. The molecular weight excluding hydrogens is 240 g/mol. The van der Waals surface area contributed by atoms with Gasteiger partial charge in [0.05, 0.1) is 18.2 Å². The normalized spacial score (nSPS) is 24.7. The first kappa shape index (κ1) is 14.0. The molecule has 1 aromatic carbocycles. The van der Waals surface area contributed by atoms with Crippen LogP contribution in [0.1, 0.15) is 31.2 Å². The number of carbonyl (C=O) groups is 1. The van der Waals surface area contributed by atoms with E-state index in [4.69, 9.17) is 5.73 Å². The van der Waals surface area contributed by atoms with Gasteiger partial charge < -0.3 is 16.2 Å². The molecule has 1 aliphatic rings. The Morgan fingerprint density at radius 2 is 2.00 bits per heavy atom. The van der Waals surface area contributed by atoms with Crippen molar-refractivity contribution in [2.75, 3.05) is 0 Å². The first-order valence-corrected chi connectivity index (χ1v) is 6.95. The van der Waals surface area contributed by atoms with Gasteiger partial charge in [0.25, 0.3) is 0 Å². The SMILES string of the molecule is N[C@H](Cc1ccccc1)C(=O)N[C@H]1CCCC[C@@H]1O. The second kappa shape index (κ2) is 6.68. The largest absolute Gasteiger partial charge is 0.391 e. The van der Waals surface area contributed by atoms with Crippen molar-refractivity contribution < 1.29 is 9.90 Å². The van der Waals surface area contributed by atoms with Crippen molar-refractivity contribution in [3.05, 3.63) is 35.9 Å². The van der Waals surface area contributed by atoms with Gasteiger partial charge in [-0.2, -0.15) is 0 Å². The third kappa shape index (κ3) is 4.04. The van der Waals surface area contributed by atoms with E-state index in [2.05, 4.69) is 5.32 Å². The number of benzene rings is 1. The molecule has 1 amide bonds. The highest BCUT2D eigenvalue weighted by molar-refractivity contribution is 5.82.